The molecule has 6 heteroatoms. The first-order chi connectivity index (χ1) is 9.60. The molecule has 0 bridgehead atoms. The average molecular weight is 335 g/mol. The van der Waals surface area contributed by atoms with Gasteiger partial charge in [-0.1, -0.05) is 28.1 Å². The number of nitrogens with zero attached hydrogens (tertiary/aromatic N) is 2. The number of nitrogen functional groups attached to an aromatic ring is 1. The molecule has 2 aromatic rings. The number of nitrogens with two attached hydrogens (primary N) is 1. The van der Waals surface area contributed by atoms with Crippen LogP contribution in [0.25, 0.3) is 0 Å². The average Bonchev–Trinajstić information content (AvgIpc) is 2.49. The zero-order chi connectivity index (χ0) is 14.5. The highest BCUT2D eigenvalue weighted by Gasteiger charge is 2.12. The van der Waals surface area contributed by atoms with Gasteiger partial charge in [0.15, 0.2) is 0 Å². The van der Waals surface area contributed by atoms with Gasteiger partial charge in [0.25, 0.3) is 5.91 Å². The highest BCUT2D eigenvalue weighted by molar-refractivity contribution is 9.10. The molecule has 1 aromatic carbocycles. The lowest BCUT2D eigenvalue weighted by molar-refractivity contribution is 0.0784. The van der Waals surface area contributed by atoms with E-state index in [1.54, 1.807) is 24.1 Å². The Morgan fingerprint density at radius 2 is 2.00 bits per heavy atom. The number of carbonyl (C=O) groups excluding carboxylic acids is 1. The topological polar surface area (TPSA) is 71.2 Å². The predicted octanol–water partition coefficient (Wildman–Crippen LogP) is 2.40. The Labute approximate surface area is 125 Å². The summed E-state index contributed by atoms with van der Waals surface area (Å²) in [5.74, 6) is 5.68. The van der Waals surface area contributed by atoms with Gasteiger partial charge in [-0.05, 0) is 29.8 Å². The van der Waals surface area contributed by atoms with Crippen LogP contribution in [0.3, 0.4) is 0 Å². The number of pyridine rings is 1. The molecular weight excluding hydrogens is 320 g/mol. The van der Waals surface area contributed by atoms with Crippen molar-refractivity contribution >= 4 is 27.7 Å². The van der Waals surface area contributed by atoms with E-state index < -0.39 is 0 Å². The molecule has 2 rings (SSSR count). The zero-order valence-corrected chi connectivity index (χ0v) is 12.6. The first-order valence-corrected chi connectivity index (χ1v) is 6.82. The first-order valence-electron chi connectivity index (χ1n) is 6.02. The number of carbonyl (C=O) groups is 1. The fourth-order valence-electron chi connectivity index (χ4n) is 1.76. The number of hydrogen-bond donors (Lipinski definition) is 2. The Morgan fingerprint density at radius 3 is 2.55 bits per heavy atom. The van der Waals surface area contributed by atoms with Crippen LogP contribution in [-0.4, -0.2) is 22.8 Å². The monoisotopic (exact) mass is 334 g/mol. The summed E-state index contributed by atoms with van der Waals surface area (Å²) in [5, 5.41) is 0. The Kier molecular flexibility index (Phi) is 4.70. The molecule has 20 heavy (non-hydrogen) atoms. The van der Waals surface area contributed by atoms with Crippen molar-refractivity contribution in [2.24, 2.45) is 5.84 Å². The van der Waals surface area contributed by atoms with Gasteiger partial charge in [0, 0.05) is 24.3 Å². The minimum Gasteiger partial charge on any atom is -0.337 e. The molecule has 3 N–H and O–H groups in total. The molecular formula is C14H15BrN4O. The fourth-order valence-corrected chi connectivity index (χ4v) is 2.03. The van der Waals surface area contributed by atoms with E-state index in [2.05, 4.69) is 26.3 Å². The SMILES string of the molecule is CN(Cc1ccc(Br)cc1)C(=O)c1ccc(NN)nc1. The lowest BCUT2D eigenvalue weighted by Crippen LogP contribution is -2.26. The van der Waals surface area contributed by atoms with E-state index in [4.69, 9.17) is 5.84 Å². The van der Waals surface area contributed by atoms with Crippen molar-refractivity contribution in [3.63, 3.8) is 0 Å². The van der Waals surface area contributed by atoms with Crippen molar-refractivity contribution < 1.29 is 4.79 Å². The van der Waals surface area contributed by atoms with Gasteiger partial charge >= 0.3 is 0 Å². The second-order valence-corrected chi connectivity index (χ2v) is 5.28. The number of nitrogens with one attached hydrogen (secondary N) is 1. The standard InChI is InChI=1S/C14H15BrN4O/c1-19(9-10-2-5-12(15)6-3-10)14(20)11-4-7-13(18-16)17-8-11/h2-8H,9,16H2,1H3,(H,17,18). The van der Waals surface area contributed by atoms with Gasteiger partial charge in [-0.15, -0.1) is 0 Å². The summed E-state index contributed by atoms with van der Waals surface area (Å²) in [6, 6.07) is 11.2. The molecule has 5 nitrogen and oxygen atoms in total. The summed E-state index contributed by atoms with van der Waals surface area (Å²) in [6.07, 6.45) is 1.51. The lowest BCUT2D eigenvalue weighted by Gasteiger charge is -2.17. The molecule has 0 aliphatic carbocycles. The van der Waals surface area contributed by atoms with Gasteiger partial charge in [-0.25, -0.2) is 10.8 Å². The van der Waals surface area contributed by atoms with Gasteiger partial charge in [0.1, 0.15) is 5.82 Å². The van der Waals surface area contributed by atoms with Crippen molar-refractivity contribution in [2.45, 2.75) is 6.54 Å². The van der Waals surface area contributed by atoms with E-state index in [0.29, 0.717) is 17.9 Å². The quantitative estimate of drug-likeness (QED) is 0.665. The van der Waals surface area contributed by atoms with Crippen molar-refractivity contribution in [1.82, 2.24) is 9.88 Å². The van der Waals surface area contributed by atoms with Crippen molar-refractivity contribution in [1.29, 1.82) is 0 Å². The van der Waals surface area contributed by atoms with Crippen LogP contribution < -0.4 is 11.3 Å². The van der Waals surface area contributed by atoms with Gasteiger partial charge in [-0.2, -0.15) is 0 Å². The van der Waals surface area contributed by atoms with Crippen LogP contribution in [0.1, 0.15) is 15.9 Å². The zero-order valence-electron chi connectivity index (χ0n) is 11.0. The van der Waals surface area contributed by atoms with Crippen molar-refractivity contribution in [3.05, 3.63) is 58.2 Å². The highest BCUT2D eigenvalue weighted by Crippen LogP contribution is 2.13. The van der Waals surface area contributed by atoms with Gasteiger partial charge < -0.3 is 10.3 Å². The number of aromatic nitrogens is 1. The van der Waals surface area contributed by atoms with E-state index in [9.17, 15) is 4.79 Å². The van der Waals surface area contributed by atoms with Crippen LogP contribution in [0.4, 0.5) is 5.82 Å². The minimum absolute atomic E-state index is 0.0796. The third kappa shape index (κ3) is 3.55. The first kappa shape index (κ1) is 14.5. The molecule has 0 saturated carbocycles. The molecule has 0 spiro atoms. The Morgan fingerprint density at radius 1 is 1.30 bits per heavy atom. The number of anilines is 1. The van der Waals surface area contributed by atoms with E-state index >= 15 is 0 Å². The third-order valence-corrected chi connectivity index (χ3v) is 3.37. The molecule has 1 aromatic heterocycles. The fraction of sp³-hybridized carbons (Fsp3) is 0.143. The molecule has 0 radical (unpaired) electrons. The van der Waals surface area contributed by atoms with E-state index in [1.807, 2.05) is 24.3 Å². The molecule has 1 amide bonds. The number of hydrazine groups is 1. The van der Waals surface area contributed by atoms with Gasteiger partial charge in [-0.3, -0.25) is 4.79 Å². The second kappa shape index (κ2) is 6.49. The van der Waals surface area contributed by atoms with Crippen molar-refractivity contribution in [3.8, 4) is 0 Å². The predicted molar refractivity (Wildman–Crippen MR) is 82.0 cm³/mol. The van der Waals surface area contributed by atoms with Crippen LogP contribution in [0.2, 0.25) is 0 Å². The summed E-state index contributed by atoms with van der Waals surface area (Å²) < 4.78 is 1.02. The maximum atomic E-state index is 12.2. The number of halogens is 1. The summed E-state index contributed by atoms with van der Waals surface area (Å²) in [6.45, 7) is 0.545. The van der Waals surface area contributed by atoms with Crippen molar-refractivity contribution in [2.75, 3.05) is 12.5 Å². The van der Waals surface area contributed by atoms with E-state index in [-0.39, 0.29) is 5.91 Å². The summed E-state index contributed by atoms with van der Waals surface area (Å²) in [7, 11) is 1.76. The number of amides is 1. The van der Waals surface area contributed by atoms with Gasteiger partial charge in [0.2, 0.25) is 0 Å². The smallest absolute Gasteiger partial charge is 0.255 e. The molecule has 0 saturated heterocycles. The molecule has 0 atom stereocenters. The maximum absolute atomic E-state index is 12.2. The van der Waals surface area contributed by atoms with Crippen LogP contribution >= 0.6 is 15.9 Å². The number of rotatable bonds is 4. The van der Waals surface area contributed by atoms with E-state index in [0.717, 1.165) is 10.0 Å². The minimum atomic E-state index is -0.0796. The van der Waals surface area contributed by atoms with Crippen LogP contribution in [0.5, 0.6) is 0 Å². The van der Waals surface area contributed by atoms with Crippen LogP contribution in [0, 0.1) is 0 Å². The third-order valence-electron chi connectivity index (χ3n) is 2.84. The summed E-state index contributed by atoms with van der Waals surface area (Å²) >= 11 is 3.39. The Balaban J connectivity index is 2.05. The molecule has 0 unspecified atom stereocenters. The summed E-state index contributed by atoms with van der Waals surface area (Å²) in [5.41, 5.74) is 4.03. The van der Waals surface area contributed by atoms with E-state index in [1.165, 1.54) is 6.20 Å². The molecule has 0 fully saturated rings. The van der Waals surface area contributed by atoms with Gasteiger partial charge in [0.05, 0.1) is 5.56 Å². The summed E-state index contributed by atoms with van der Waals surface area (Å²) in [4.78, 5) is 17.9. The lowest BCUT2D eigenvalue weighted by atomic mass is 10.2. The second-order valence-electron chi connectivity index (χ2n) is 4.36. The maximum Gasteiger partial charge on any atom is 0.255 e. The number of benzene rings is 1. The highest BCUT2D eigenvalue weighted by atomic mass is 79.9. The molecule has 104 valence electrons. The van der Waals surface area contributed by atoms with Crippen LogP contribution in [-0.2, 0) is 6.54 Å². The largest absolute Gasteiger partial charge is 0.337 e. The Bertz CT molecular complexity index is 583. The normalized spacial score (nSPS) is 10.2. The number of hydrogen-bond acceptors (Lipinski definition) is 4. The molecule has 0 aliphatic rings. The van der Waals surface area contributed by atoms with Crippen LogP contribution in [0.15, 0.2) is 47.1 Å². The molecule has 1 heterocycles. The molecule has 0 aliphatic heterocycles. The Hall–Kier alpha value is -1.92.